The molecule has 26 heavy (non-hydrogen) atoms. The zero-order valence-electron chi connectivity index (χ0n) is 14.1. The molecule has 0 spiro atoms. The zero-order valence-corrected chi connectivity index (χ0v) is 14.9. The van der Waals surface area contributed by atoms with Crippen molar-refractivity contribution in [3.8, 4) is 0 Å². The molecule has 0 saturated carbocycles. The zero-order chi connectivity index (χ0) is 18.3. The van der Waals surface area contributed by atoms with E-state index < -0.39 is 5.97 Å². The van der Waals surface area contributed by atoms with Crippen molar-refractivity contribution in [2.75, 3.05) is 18.4 Å². The summed E-state index contributed by atoms with van der Waals surface area (Å²) < 4.78 is 1.89. The molecule has 1 N–H and O–H groups in total. The molecule has 2 aromatic rings. The molecule has 1 fully saturated rings. The van der Waals surface area contributed by atoms with Gasteiger partial charge in [0, 0.05) is 43.0 Å². The predicted molar refractivity (Wildman–Crippen MR) is 100 cm³/mol. The minimum Gasteiger partial charge on any atom is -0.545 e. The van der Waals surface area contributed by atoms with Crippen LogP contribution in [-0.2, 0) is 6.54 Å². The lowest BCUT2D eigenvalue weighted by Crippen LogP contribution is -2.50. The van der Waals surface area contributed by atoms with E-state index in [2.05, 4.69) is 10.2 Å². The first-order valence-electron chi connectivity index (χ1n) is 8.58. The van der Waals surface area contributed by atoms with Gasteiger partial charge in [-0.05, 0) is 48.3 Å². The van der Waals surface area contributed by atoms with Crippen LogP contribution in [0.15, 0.2) is 47.3 Å². The second-order valence-electron chi connectivity index (χ2n) is 6.90. The van der Waals surface area contributed by atoms with Crippen molar-refractivity contribution in [1.29, 1.82) is 0 Å². The topological polar surface area (TPSA) is 77.4 Å². The van der Waals surface area contributed by atoms with Crippen LogP contribution < -0.4 is 16.0 Å². The average Bonchev–Trinajstić information content (AvgIpc) is 2.63. The van der Waals surface area contributed by atoms with Gasteiger partial charge in [0.1, 0.15) is 0 Å². The first-order chi connectivity index (χ1) is 12.5. The van der Waals surface area contributed by atoms with Crippen LogP contribution in [-0.4, -0.2) is 33.6 Å². The Bertz CT molecular complexity index is 922. The van der Waals surface area contributed by atoms with E-state index in [1.54, 1.807) is 18.2 Å². The molecule has 3 heterocycles. The molecule has 6 nitrogen and oxygen atoms in total. The number of rotatable bonds is 2. The van der Waals surface area contributed by atoms with Gasteiger partial charge in [-0.15, -0.1) is 0 Å². The number of carbonyl (C=O) groups is 1. The highest BCUT2D eigenvalue weighted by molar-refractivity contribution is 7.80. The van der Waals surface area contributed by atoms with Gasteiger partial charge >= 0.3 is 0 Å². The van der Waals surface area contributed by atoms with E-state index in [4.69, 9.17) is 12.2 Å². The number of aromatic carboxylic acids is 1. The van der Waals surface area contributed by atoms with Crippen molar-refractivity contribution < 1.29 is 9.90 Å². The molecule has 0 aliphatic carbocycles. The van der Waals surface area contributed by atoms with Crippen molar-refractivity contribution in [3.63, 3.8) is 0 Å². The van der Waals surface area contributed by atoms with E-state index in [9.17, 15) is 14.7 Å². The molecule has 2 atom stereocenters. The maximum Gasteiger partial charge on any atom is 0.250 e. The van der Waals surface area contributed by atoms with Gasteiger partial charge in [-0.3, -0.25) is 4.79 Å². The average molecular weight is 368 g/mol. The van der Waals surface area contributed by atoms with Gasteiger partial charge in [-0.25, -0.2) is 0 Å². The standard InChI is InChI=1S/C19H19N3O3S/c23-17-3-1-2-16-14-8-12(10-22(16)17)9-21(11-14)19(26)20-15-6-4-13(5-7-15)18(24)25/h1-7,12,14H,8-11H2,(H,20,26)(H,24,25)/p-1. The summed E-state index contributed by atoms with van der Waals surface area (Å²) in [4.78, 5) is 25.1. The highest BCUT2D eigenvalue weighted by atomic mass is 32.1. The van der Waals surface area contributed by atoms with E-state index in [1.807, 2.05) is 16.7 Å². The summed E-state index contributed by atoms with van der Waals surface area (Å²) >= 11 is 5.56. The Morgan fingerprint density at radius 3 is 2.62 bits per heavy atom. The number of piperidine rings is 1. The lowest BCUT2D eigenvalue weighted by molar-refractivity contribution is -0.255. The molecule has 2 bridgehead atoms. The van der Waals surface area contributed by atoms with Crippen molar-refractivity contribution in [3.05, 3.63) is 64.1 Å². The van der Waals surface area contributed by atoms with Crippen molar-refractivity contribution in [1.82, 2.24) is 9.47 Å². The lowest BCUT2D eigenvalue weighted by atomic mass is 9.83. The van der Waals surface area contributed by atoms with E-state index in [1.165, 1.54) is 12.1 Å². The number of thiocarbonyl (C=S) groups is 1. The Kier molecular flexibility index (Phi) is 4.24. The summed E-state index contributed by atoms with van der Waals surface area (Å²) in [5.74, 6) is -0.518. The van der Waals surface area contributed by atoms with Gasteiger partial charge in [0.05, 0.1) is 5.97 Å². The Balaban J connectivity index is 1.49. The van der Waals surface area contributed by atoms with Crippen LogP contribution in [0.1, 0.15) is 28.4 Å². The second-order valence-corrected chi connectivity index (χ2v) is 7.28. The number of aromatic nitrogens is 1. The van der Waals surface area contributed by atoms with Gasteiger partial charge in [0.2, 0.25) is 0 Å². The number of likely N-dealkylation sites (tertiary alicyclic amines) is 1. The minimum absolute atomic E-state index is 0.0689. The fourth-order valence-corrected chi connectivity index (χ4v) is 4.22. The molecule has 4 rings (SSSR count). The first-order valence-corrected chi connectivity index (χ1v) is 8.99. The van der Waals surface area contributed by atoms with Gasteiger partial charge in [0.25, 0.3) is 5.56 Å². The normalized spacial score (nSPS) is 21.0. The van der Waals surface area contributed by atoms with Gasteiger partial charge in [-0.1, -0.05) is 18.2 Å². The largest absolute Gasteiger partial charge is 0.545 e. The highest BCUT2D eigenvalue weighted by Gasteiger charge is 2.35. The fraction of sp³-hybridized carbons (Fsp3) is 0.316. The smallest absolute Gasteiger partial charge is 0.250 e. The number of carboxylic acid groups (broad SMARTS) is 1. The number of hydrogen-bond donors (Lipinski definition) is 1. The first kappa shape index (κ1) is 16.8. The molecule has 1 saturated heterocycles. The van der Waals surface area contributed by atoms with Crippen LogP contribution in [0.5, 0.6) is 0 Å². The SMILES string of the molecule is O=C([O-])c1ccc(NC(=S)N2CC3CC(C2)c2cccc(=O)n2C3)cc1. The van der Waals surface area contributed by atoms with Crippen LogP contribution in [0.25, 0.3) is 0 Å². The molecule has 2 unspecified atom stereocenters. The second kappa shape index (κ2) is 6.57. The number of hydrogen-bond acceptors (Lipinski definition) is 4. The summed E-state index contributed by atoms with van der Waals surface area (Å²) in [5.41, 5.74) is 2.03. The van der Waals surface area contributed by atoms with E-state index >= 15 is 0 Å². The Labute approximate surface area is 156 Å². The predicted octanol–water partition coefficient (Wildman–Crippen LogP) is 1.03. The number of fused-ring (bicyclic) bond motifs is 4. The molecule has 2 aliphatic heterocycles. The van der Waals surface area contributed by atoms with Crippen LogP contribution in [0, 0.1) is 5.92 Å². The number of nitrogens with one attached hydrogen (secondary N) is 1. The molecule has 134 valence electrons. The van der Waals surface area contributed by atoms with Crippen LogP contribution in [0.4, 0.5) is 5.69 Å². The molecule has 0 amide bonds. The molecule has 2 aliphatic rings. The van der Waals surface area contributed by atoms with E-state index in [0.717, 1.165) is 37.4 Å². The minimum atomic E-state index is -1.20. The molecule has 0 radical (unpaired) electrons. The Morgan fingerprint density at radius 1 is 1.12 bits per heavy atom. The summed E-state index contributed by atoms with van der Waals surface area (Å²) in [6, 6.07) is 11.8. The van der Waals surface area contributed by atoms with Gasteiger partial charge < -0.3 is 24.7 Å². The van der Waals surface area contributed by atoms with Crippen LogP contribution >= 0.6 is 12.2 Å². The lowest BCUT2D eigenvalue weighted by Gasteiger charge is -2.43. The number of anilines is 1. The van der Waals surface area contributed by atoms with Crippen molar-refractivity contribution >= 4 is 29.0 Å². The molecule has 1 aromatic carbocycles. The summed E-state index contributed by atoms with van der Waals surface area (Å²) in [6.07, 6.45) is 1.07. The van der Waals surface area contributed by atoms with Crippen molar-refractivity contribution in [2.24, 2.45) is 5.92 Å². The summed E-state index contributed by atoms with van der Waals surface area (Å²) in [7, 11) is 0. The Morgan fingerprint density at radius 2 is 1.88 bits per heavy atom. The number of benzene rings is 1. The Hall–Kier alpha value is -2.67. The molecule has 7 heteroatoms. The number of carbonyl (C=O) groups excluding carboxylic acids is 1. The van der Waals surface area contributed by atoms with Crippen LogP contribution in [0.3, 0.4) is 0 Å². The third kappa shape index (κ3) is 3.10. The van der Waals surface area contributed by atoms with Crippen LogP contribution in [0.2, 0.25) is 0 Å². The number of carboxylic acids is 1. The van der Waals surface area contributed by atoms with Gasteiger partial charge in [0.15, 0.2) is 5.11 Å². The molecular formula is C19H18N3O3S-. The third-order valence-electron chi connectivity index (χ3n) is 5.14. The molecule has 1 aromatic heterocycles. The maximum atomic E-state index is 12.1. The maximum absolute atomic E-state index is 12.1. The monoisotopic (exact) mass is 368 g/mol. The van der Waals surface area contributed by atoms with E-state index in [-0.39, 0.29) is 17.0 Å². The van der Waals surface area contributed by atoms with Crippen molar-refractivity contribution in [2.45, 2.75) is 18.9 Å². The van der Waals surface area contributed by atoms with E-state index in [0.29, 0.717) is 11.0 Å². The number of nitrogens with zero attached hydrogens (tertiary/aromatic N) is 2. The third-order valence-corrected chi connectivity index (χ3v) is 5.50. The number of pyridine rings is 1. The van der Waals surface area contributed by atoms with Gasteiger partial charge in [-0.2, -0.15) is 0 Å². The fourth-order valence-electron chi connectivity index (χ4n) is 3.95. The quantitative estimate of drug-likeness (QED) is 0.798. The summed E-state index contributed by atoms with van der Waals surface area (Å²) in [5, 5.41) is 14.6. The summed E-state index contributed by atoms with van der Waals surface area (Å²) in [6.45, 7) is 2.30. The molecular weight excluding hydrogens is 350 g/mol. The highest BCUT2D eigenvalue weighted by Crippen LogP contribution is 2.35.